The molecule has 2 heteroatoms. The standard InChI is InChI=1S/C45H41NO/c1-3-5-29-45(30-6-4-2)40-20-12-10-17-36(40)37-28-27-35(31-41(37)45)46(34-25-23-33(24-26-34)32-15-8-7-9-16-32)42-21-14-19-39-38-18-11-13-22-43(38)47-44(39)42/h7-28,31H,3-6,29-30H2,1-2H3. The maximum Gasteiger partial charge on any atom is 0.159 e. The molecule has 0 saturated heterocycles. The highest BCUT2D eigenvalue weighted by atomic mass is 16.3. The Morgan fingerprint density at radius 1 is 0.532 bits per heavy atom. The van der Waals surface area contributed by atoms with E-state index in [1.165, 1.54) is 71.9 Å². The van der Waals surface area contributed by atoms with E-state index < -0.39 is 0 Å². The van der Waals surface area contributed by atoms with Crippen molar-refractivity contribution < 1.29 is 4.42 Å². The maximum absolute atomic E-state index is 6.65. The summed E-state index contributed by atoms with van der Waals surface area (Å²) >= 11 is 0. The molecule has 47 heavy (non-hydrogen) atoms. The molecule has 1 heterocycles. The quantitative estimate of drug-likeness (QED) is 0.153. The largest absolute Gasteiger partial charge is 0.454 e. The van der Waals surface area contributed by atoms with E-state index in [4.69, 9.17) is 4.42 Å². The van der Waals surface area contributed by atoms with Gasteiger partial charge in [0.15, 0.2) is 5.58 Å². The third-order valence-corrected chi connectivity index (χ3v) is 10.3. The van der Waals surface area contributed by atoms with Crippen LogP contribution in [-0.2, 0) is 5.41 Å². The number of rotatable bonds is 10. The highest BCUT2D eigenvalue weighted by Gasteiger charge is 2.42. The van der Waals surface area contributed by atoms with E-state index in [0.29, 0.717) is 0 Å². The van der Waals surface area contributed by atoms with E-state index in [2.05, 4.69) is 158 Å². The second-order valence-electron chi connectivity index (χ2n) is 13.1. The van der Waals surface area contributed by atoms with Crippen LogP contribution in [0.2, 0.25) is 0 Å². The Labute approximate surface area is 278 Å². The molecule has 232 valence electrons. The average molecular weight is 612 g/mol. The molecule has 0 atom stereocenters. The molecule has 0 amide bonds. The normalized spacial score (nSPS) is 13.1. The summed E-state index contributed by atoms with van der Waals surface area (Å²) in [5, 5.41) is 2.28. The van der Waals surface area contributed by atoms with Crippen molar-refractivity contribution in [3.05, 3.63) is 151 Å². The molecule has 0 fully saturated rings. The van der Waals surface area contributed by atoms with Gasteiger partial charge in [-0.25, -0.2) is 0 Å². The Balaban J connectivity index is 1.35. The fourth-order valence-electron chi connectivity index (χ4n) is 7.97. The predicted octanol–water partition coefficient (Wildman–Crippen LogP) is 13.4. The number of anilines is 3. The smallest absolute Gasteiger partial charge is 0.159 e. The molecule has 0 aliphatic heterocycles. The first-order valence-corrected chi connectivity index (χ1v) is 17.3. The molecule has 1 aliphatic rings. The minimum atomic E-state index is 0.0160. The summed E-state index contributed by atoms with van der Waals surface area (Å²) in [7, 11) is 0. The van der Waals surface area contributed by atoms with E-state index in [0.717, 1.165) is 39.0 Å². The second-order valence-corrected chi connectivity index (χ2v) is 13.1. The van der Waals surface area contributed by atoms with Gasteiger partial charge in [0.25, 0.3) is 0 Å². The minimum Gasteiger partial charge on any atom is -0.454 e. The average Bonchev–Trinajstić information content (AvgIpc) is 3.65. The summed E-state index contributed by atoms with van der Waals surface area (Å²) in [6, 6.07) is 50.9. The molecule has 0 unspecified atom stereocenters. The zero-order valence-corrected chi connectivity index (χ0v) is 27.4. The summed E-state index contributed by atoms with van der Waals surface area (Å²) in [4.78, 5) is 2.41. The lowest BCUT2D eigenvalue weighted by Gasteiger charge is -2.34. The van der Waals surface area contributed by atoms with Crippen LogP contribution in [-0.4, -0.2) is 0 Å². The lowest BCUT2D eigenvalue weighted by atomic mass is 9.71. The minimum absolute atomic E-state index is 0.0160. The molecule has 1 aliphatic carbocycles. The highest BCUT2D eigenvalue weighted by molar-refractivity contribution is 6.10. The number of unbranched alkanes of at least 4 members (excludes halogenated alkanes) is 2. The summed E-state index contributed by atoms with van der Waals surface area (Å²) in [6.45, 7) is 4.64. The number of furan rings is 1. The lowest BCUT2D eigenvalue weighted by molar-refractivity contribution is 0.414. The third-order valence-electron chi connectivity index (χ3n) is 10.3. The van der Waals surface area contributed by atoms with Gasteiger partial charge in [0.05, 0.1) is 5.69 Å². The lowest BCUT2D eigenvalue weighted by Crippen LogP contribution is -2.25. The number of benzene rings is 6. The Morgan fingerprint density at radius 3 is 1.96 bits per heavy atom. The Bertz CT molecular complexity index is 2160. The Kier molecular flexibility index (Phi) is 7.65. The van der Waals surface area contributed by atoms with E-state index in [-0.39, 0.29) is 5.41 Å². The molecule has 0 spiro atoms. The molecular weight excluding hydrogens is 571 g/mol. The van der Waals surface area contributed by atoms with Gasteiger partial charge in [-0.05, 0) is 82.6 Å². The highest BCUT2D eigenvalue weighted by Crippen LogP contribution is 2.55. The molecule has 2 nitrogen and oxygen atoms in total. The van der Waals surface area contributed by atoms with Crippen molar-refractivity contribution in [2.24, 2.45) is 0 Å². The summed E-state index contributed by atoms with van der Waals surface area (Å²) in [6.07, 6.45) is 7.15. The van der Waals surface area contributed by atoms with Crippen LogP contribution in [0.3, 0.4) is 0 Å². The van der Waals surface area contributed by atoms with Gasteiger partial charge < -0.3 is 9.32 Å². The number of hydrogen-bond donors (Lipinski definition) is 0. The van der Waals surface area contributed by atoms with Crippen LogP contribution in [0.1, 0.15) is 63.5 Å². The van der Waals surface area contributed by atoms with Gasteiger partial charge in [0.2, 0.25) is 0 Å². The van der Waals surface area contributed by atoms with E-state index in [1.807, 2.05) is 0 Å². The molecule has 7 aromatic rings. The van der Waals surface area contributed by atoms with Crippen LogP contribution in [0.15, 0.2) is 144 Å². The molecule has 0 radical (unpaired) electrons. The summed E-state index contributed by atoms with van der Waals surface area (Å²) < 4.78 is 6.65. The number of hydrogen-bond acceptors (Lipinski definition) is 2. The van der Waals surface area contributed by atoms with Crippen molar-refractivity contribution in [2.45, 2.75) is 57.8 Å². The number of para-hydroxylation sites is 2. The topological polar surface area (TPSA) is 16.4 Å². The Morgan fingerprint density at radius 2 is 1.17 bits per heavy atom. The van der Waals surface area contributed by atoms with Crippen LogP contribution >= 0.6 is 0 Å². The van der Waals surface area contributed by atoms with E-state index in [9.17, 15) is 0 Å². The predicted molar refractivity (Wildman–Crippen MR) is 199 cm³/mol. The van der Waals surface area contributed by atoms with Crippen molar-refractivity contribution in [3.8, 4) is 22.3 Å². The number of fused-ring (bicyclic) bond motifs is 6. The van der Waals surface area contributed by atoms with Crippen molar-refractivity contribution in [1.29, 1.82) is 0 Å². The SMILES string of the molecule is CCCCC1(CCCC)c2ccccc2-c2ccc(N(c3ccc(-c4ccccc4)cc3)c3cccc4c3oc3ccccc34)cc21. The van der Waals surface area contributed by atoms with E-state index in [1.54, 1.807) is 0 Å². The summed E-state index contributed by atoms with van der Waals surface area (Å²) in [5.41, 5.74) is 13.4. The zero-order chi connectivity index (χ0) is 31.8. The van der Waals surface area contributed by atoms with Gasteiger partial charge in [-0.3, -0.25) is 0 Å². The second kappa shape index (κ2) is 12.3. The van der Waals surface area contributed by atoms with E-state index >= 15 is 0 Å². The first kappa shape index (κ1) is 29.3. The van der Waals surface area contributed by atoms with Crippen molar-refractivity contribution in [1.82, 2.24) is 0 Å². The van der Waals surface area contributed by atoms with Crippen molar-refractivity contribution in [2.75, 3.05) is 4.90 Å². The van der Waals surface area contributed by atoms with Crippen LogP contribution in [0, 0.1) is 0 Å². The van der Waals surface area contributed by atoms with Crippen molar-refractivity contribution in [3.63, 3.8) is 0 Å². The third kappa shape index (κ3) is 4.95. The molecule has 6 aromatic carbocycles. The number of nitrogens with zero attached hydrogens (tertiary/aromatic N) is 1. The van der Waals surface area contributed by atoms with Crippen molar-refractivity contribution >= 4 is 39.0 Å². The van der Waals surface area contributed by atoms with Gasteiger partial charge in [0.1, 0.15) is 5.58 Å². The molecule has 0 saturated carbocycles. The van der Waals surface area contributed by atoms with Gasteiger partial charge in [-0.1, -0.05) is 143 Å². The van der Waals surface area contributed by atoms with Crippen LogP contribution in [0.5, 0.6) is 0 Å². The van der Waals surface area contributed by atoms with Crippen LogP contribution in [0.4, 0.5) is 17.1 Å². The summed E-state index contributed by atoms with van der Waals surface area (Å²) in [5.74, 6) is 0. The maximum atomic E-state index is 6.65. The molecule has 0 N–H and O–H groups in total. The molecule has 1 aromatic heterocycles. The van der Waals surface area contributed by atoms with Crippen LogP contribution < -0.4 is 4.90 Å². The molecule has 8 rings (SSSR count). The van der Waals surface area contributed by atoms with Gasteiger partial charge in [0, 0.05) is 27.6 Å². The molecular formula is C45H41NO. The zero-order valence-electron chi connectivity index (χ0n) is 27.4. The van der Waals surface area contributed by atoms with Crippen LogP contribution in [0.25, 0.3) is 44.2 Å². The Hall–Kier alpha value is -5.08. The van der Waals surface area contributed by atoms with Gasteiger partial charge in [-0.15, -0.1) is 0 Å². The molecule has 0 bridgehead atoms. The first-order valence-electron chi connectivity index (χ1n) is 17.3. The van der Waals surface area contributed by atoms with Gasteiger partial charge in [-0.2, -0.15) is 0 Å². The fourth-order valence-corrected chi connectivity index (χ4v) is 7.97. The fraction of sp³-hybridized carbons (Fsp3) is 0.200. The first-order chi connectivity index (χ1) is 23.2. The monoisotopic (exact) mass is 611 g/mol. The van der Waals surface area contributed by atoms with Gasteiger partial charge >= 0.3 is 0 Å².